The Balaban J connectivity index is 1.03. The number of rotatable bonds is 4. The lowest BCUT2D eigenvalue weighted by Gasteiger charge is -2.60. The summed E-state index contributed by atoms with van der Waals surface area (Å²) in [5.74, 6) is 3.83. The monoisotopic (exact) mass is 461 g/mol. The van der Waals surface area contributed by atoms with Gasteiger partial charge in [0.15, 0.2) is 0 Å². The van der Waals surface area contributed by atoms with Crippen LogP contribution in [0.15, 0.2) is 18.3 Å². The van der Waals surface area contributed by atoms with E-state index < -0.39 is 0 Å². The average Bonchev–Trinajstić information content (AvgIpc) is 2.71. The van der Waals surface area contributed by atoms with Crippen molar-refractivity contribution in [1.82, 2.24) is 4.98 Å². The highest BCUT2D eigenvalue weighted by atomic mass is 16.2. The second-order valence-electron chi connectivity index (χ2n) is 14.4. The number of amides is 2. The summed E-state index contributed by atoms with van der Waals surface area (Å²) in [4.78, 5) is 31.4. The summed E-state index contributed by atoms with van der Waals surface area (Å²) >= 11 is 0. The van der Waals surface area contributed by atoms with Crippen molar-refractivity contribution < 1.29 is 9.59 Å². The van der Waals surface area contributed by atoms with Crippen LogP contribution in [0.1, 0.15) is 90.9 Å². The number of carbonyl (C=O) groups is 2. The molecule has 34 heavy (non-hydrogen) atoms. The van der Waals surface area contributed by atoms with E-state index in [1.54, 1.807) is 6.20 Å². The molecule has 0 saturated heterocycles. The largest absolute Gasteiger partial charge is 0.324 e. The van der Waals surface area contributed by atoms with E-state index in [0.29, 0.717) is 16.6 Å². The van der Waals surface area contributed by atoms with Gasteiger partial charge in [0.2, 0.25) is 11.8 Å². The quantitative estimate of drug-likeness (QED) is 0.563. The van der Waals surface area contributed by atoms with Gasteiger partial charge in [0.1, 0.15) is 5.82 Å². The van der Waals surface area contributed by atoms with Crippen LogP contribution in [0.25, 0.3) is 0 Å². The molecule has 0 spiro atoms. The van der Waals surface area contributed by atoms with E-state index >= 15 is 0 Å². The maximum Gasteiger partial charge on any atom is 0.231 e. The minimum Gasteiger partial charge on any atom is -0.324 e. The summed E-state index contributed by atoms with van der Waals surface area (Å²) in [7, 11) is 0. The Morgan fingerprint density at radius 2 is 1.21 bits per heavy atom. The minimum absolute atomic E-state index is 0.166. The molecule has 0 aliphatic heterocycles. The van der Waals surface area contributed by atoms with Gasteiger partial charge in [0.25, 0.3) is 0 Å². The Kier molecular flexibility index (Phi) is 4.31. The molecule has 2 amide bonds. The first-order valence-electron chi connectivity index (χ1n) is 13.7. The third-order valence-corrected chi connectivity index (χ3v) is 10.9. The normalized spacial score (nSPS) is 47.6. The zero-order valence-electron chi connectivity index (χ0n) is 20.8. The van der Waals surface area contributed by atoms with Crippen LogP contribution in [0.4, 0.5) is 11.5 Å². The Bertz CT molecular complexity index is 935. The van der Waals surface area contributed by atoms with Crippen LogP contribution in [0.5, 0.6) is 0 Å². The molecule has 0 aromatic carbocycles. The highest BCUT2D eigenvalue weighted by molar-refractivity contribution is 5.97. The molecule has 8 saturated carbocycles. The SMILES string of the molecule is CC12CC3CC(C1)CC(C(=O)Nc1ccc(NC(=O)C45CC6CC(CC(C)(C6)C4)C5)nc1)(C3)C2. The lowest BCUT2D eigenvalue weighted by molar-refractivity contribution is -0.150. The van der Waals surface area contributed by atoms with E-state index in [2.05, 4.69) is 29.5 Å². The molecule has 8 bridgehead atoms. The number of carbonyl (C=O) groups excluding carboxylic acids is 2. The zero-order valence-corrected chi connectivity index (χ0v) is 20.8. The van der Waals surface area contributed by atoms with Gasteiger partial charge in [0.05, 0.1) is 22.7 Å². The highest BCUT2D eigenvalue weighted by Crippen LogP contribution is 2.66. The maximum absolute atomic E-state index is 13.5. The van der Waals surface area contributed by atoms with Crippen molar-refractivity contribution in [2.45, 2.75) is 90.9 Å². The Hall–Kier alpha value is -1.91. The summed E-state index contributed by atoms with van der Waals surface area (Å²) in [6.07, 6.45) is 15.8. The van der Waals surface area contributed by atoms with Crippen molar-refractivity contribution in [3.8, 4) is 0 Å². The van der Waals surface area contributed by atoms with E-state index in [1.165, 1.54) is 38.5 Å². The van der Waals surface area contributed by atoms with Crippen LogP contribution in [-0.2, 0) is 9.59 Å². The summed E-state index contributed by atoms with van der Waals surface area (Å²) in [6.45, 7) is 4.79. The maximum atomic E-state index is 13.5. The highest BCUT2D eigenvalue weighted by Gasteiger charge is 2.60. The molecule has 5 nitrogen and oxygen atoms in total. The Morgan fingerprint density at radius 3 is 1.62 bits per heavy atom. The van der Waals surface area contributed by atoms with Crippen LogP contribution in [0.3, 0.4) is 0 Å². The molecule has 8 aliphatic rings. The molecule has 5 heteroatoms. The molecule has 0 radical (unpaired) electrons. The van der Waals surface area contributed by atoms with Crippen molar-refractivity contribution in [1.29, 1.82) is 0 Å². The molecule has 9 rings (SSSR count). The fraction of sp³-hybridized carbons (Fsp3) is 0.759. The number of pyridine rings is 1. The second kappa shape index (κ2) is 6.85. The first-order valence-corrected chi connectivity index (χ1v) is 13.7. The average molecular weight is 462 g/mol. The number of hydrogen-bond acceptors (Lipinski definition) is 3. The third kappa shape index (κ3) is 3.28. The Morgan fingerprint density at radius 1 is 0.735 bits per heavy atom. The van der Waals surface area contributed by atoms with Gasteiger partial charge >= 0.3 is 0 Å². The van der Waals surface area contributed by atoms with Gasteiger partial charge in [-0.25, -0.2) is 4.98 Å². The lowest BCUT2D eigenvalue weighted by atomic mass is 9.44. The van der Waals surface area contributed by atoms with E-state index in [0.717, 1.165) is 67.9 Å². The molecular formula is C29H39N3O2. The minimum atomic E-state index is -0.206. The molecule has 182 valence electrons. The first kappa shape index (κ1) is 21.4. The van der Waals surface area contributed by atoms with Gasteiger partial charge < -0.3 is 10.6 Å². The molecule has 4 atom stereocenters. The van der Waals surface area contributed by atoms with E-state index in [9.17, 15) is 9.59 Å². The van der Waals surface area contributed by atoms with Crippen molar-refractivity contribution in [3.05, 3.63) is 18.3 Å². The summed E-state index contributed by atoms with van der Waals surface area (Å²) in [5.41, 5.74) is 1.04. The molecule has 1 aromatic heterocycles. The second-order valence-corrected chi connectivity index (χ2v) is 14.4. The first-order chi connectivity index (χ1) is 16.1. The van der Waals surface area contributed by atoms with Crippen LogP contribution < -0.4 is 10.6 Å². The van der Waals surface area contributed by atoms with E-state index in [-0.39, 0.29) is 22.6 Å². The molecule has 2 N–H and O–H groups in total. The van der Waals surface area contributed by atoms with Crippen molar-refractivity contribution in [2.75, 3.05) is 10.6 Å². The summed E-state index contributed by atoms with van der Waals surface area (Å²) in [6, 6.07) is 3.76. The number of aromatic nitrogens is 1. The fourth-order valence-corrected chi connectivity index (χ4v) is 11.0. The summed E-state index contributed by atoms with van der Waals surface area (Å²) < 4.78 is 0. The van der Waals surface area contributed by atoms with Gasteiger partial charge in [-0.05, 0) is 124 Å². The van der Waals surface area contributed by atoms with Gasteiger partial charge in [0, 0.05) is 0 Å². The number of nitrogens with zero attached hydrogens (tertiary/aromatic N) is 1. The topological polar surface area (TPSA) is 71.1 Å². The van der Waals surface area contributed by atoms with E-state index in [1.807, 2.05) is 12.1 Å². The van der Waals surface area contributed by atoms with Gasteiger partial charge in [-0.1, -0.05) is 13.8 Å². The van der Waals surface area contributed by atoms with Crippen molar-refractivity contribution in [3.63, 3.8) is 0 Å². The number of anilines is 2. The molecule has 8 aliphatic carbocycles. The molecule has 1 heterocycles. The zero-order chi connectivity index (χ0) is 23.3. The van der Waals surface area contributed by atoms with Gasteiger partial charge in [-0.15, -0.1) is 0 Å². The number of nitrogens with one attached hydrogen (secondary N) is 2. The standard InChI is InChI=1S/C29H39N3O2/c1-26-7-18-5-19(8-26)12-28(11-18,16-26)24(33)31-22-3-4-23(30-15-22)32-25(34)29-13-20-6-21(14-29)10-27(2,9-20)17-29/h3-4,15,18-21H,5-14,16-17H2,1-2H3,(H,31,33)(H,30,32,34). The molecule has 4 unspecified atom stereocenters. The van der Waals surface area contributed by atoms with Crippen LogP contribution >= 0.6 is 0 Å². The smallest absolute Gasteiger partial charge is 0.231 e. The van der Waals surface area contributed by atoms with Crippen LogP contribution in [-0.4, -0.2) is 16.8 Å². The third-order valence-electron chi connectivity index (χ3n) is 10.9. The summed E-state index contributed by atoms with van der Waals surface area (Å²) in [5, 5.41) is 6.34. The fourth-order valence-electron chi connectivity index (χ4n) is 11.0. The van der Waals surface area contributed by atoms with E-state index in [4.69, 9.17) is 0 Å². The van der Waals surface area contributed by atoms with Crippen LogP contribution in [0, 0.1) is 45.3 Å². The van der Waals surface area contributed by atoms with Crippen molar-refractivity contribution in [2.24, 2.45) is 45.3 Å². The van der Waals surface area contributed by atoms with Gasteiger partial charge in [-0.3, -0.25) is 9.59 Å². The molecule has 8 fully saturated rings. The van der Waals surface area contributed by atoms with Crippen molar-refractivity contribution >= 4 is 23.3 Å². The predicted octanol–water partition coefficient (Wildman–Crippen LogP) is 6.17. The predicted molar refractivity (Wildman–Crippen MR) is 132 cm³/mol. The molecule has 1 aromatic rings. The molecular weight excluding hydrogens is 422 g/mol. The van der Waals surface area contributed by atoms with Gasteiger partial charge in [-0.2, -0.15) is 0 Å². The Labute approximate surface area is 203 Å². The lowest BCUT2D eigenvalue weighted by Crippen LogP contribution is -2.55. The van der Waals surface area contributed by atoms with Crippen LogP contribution in [0.2, 0.25) is 0 Å². The number of hydrogen-bond donors (Lipinski definition) is 2.